The second-order valence-corrected chi connectivity index (χ2v) is 7.79. The third-order valence-corrected chi connectivity index (χ3v) is 5.96. The molecule has 0 amide bonds. The third kappa shape index (κ3) is 4.46. The summed E-state index contributed by atoms with van der Waals surface area (Å²) in [6.45, 7) is 7.65. The molecular weight excluding hydrogens is 244 g/mol. The van der Waals surface area contributed by atoms with Gasteiger partial charge >= 0.3 is 0 Å². The van der Waals surface area contributed by atoms with Crippen molar-refractivity contribution in [3.8, 4) is 0 Å². The third-order valence-electron chi connectivity index (χ3n) is 5.96. The topological polar surface area (TPSA) is 15.3 Å². The summed E-state index contributed by atoms with van der Waals surface area (Å²) in [6.07, 6.45) is 13.2. The molecule has 0 aromatic carbocycles. The molecule has 0 radical (unpaired) electrons. The number of hydrogen-bond acceptors (Lipinski definition) is 2. The van der Waals surface area contributed by atoms with Crippen molar-refractivity contribution in [3.05, 3.63) is 0 Å². The molecule has 2 aliphatic carbocycles. The first kappa shape index (κ1) is 14.8. The van der Waals surface area contributed by atoms with Gasteiger partial charge in [-0.2, -0.15) is 0 Å². The van der Waals surface area contributed by atoms with Gasteiger partial charge in [-0.25, -0.2) is 0 Å². The largest absolute Gasteiger partial charge is 0.314 e. The number of hydrogen-bond donors (Lipinski definition) is 1. The maximum Gasteiger partial charge on any atom is 0.00698 e. The maximum atomic E-state index is 3.86. The molecule has 3 fully saturated rings. The molecule has 2 unspecified atom stereocenters. The standard InChI is InChI=1S/C18H34N2/c1-15-8-12-20(13-9-15)11-3-10-19-18-5-2-4-17(14-18)16-6-7-16/h15-19H,2-14H2,1H3. The molecule has 1 heterocycles. The van der Waals surface area contributed by atoms with Crippen LogP contribution in [0.1, 0.15) is 64.7 Å². The number of nitrogens with zero attached hydrogens (tertiary/aromatic N) is 1. The Balaban J connectivity index is 1.26. The SMILES string of the molecule is CC1CCN(CCCNC2CCCC(C3CC3)C2)CC1. The lowest BCUT2D eigenvalue weighted by atomic mass is 9.83. The fourth-order valence-corrected chi connectivity index (χ4v) is 4.30. The highest BCUT2D eigenvalue weighted by molar-refractivity contribution is 4.87. The summed E-state index contributed by atoms with van der Waals surface area (Å²) in [5, 5.41) is 3.86. The first-order valence-electron chi connectivity index (χ1n) is 9.27. The van der Waals surface area contributed by atoms with E-state index in [4.69, 9.17) is 0 Å². The van der Waals surface area contributed by atoms with Gasteiger partial charge in [-0.15, -0.1) is 0 Å². The van der Waals surface area contributed by atoms with Crippen LogP contribution >= 0.6 is 0 Å². The molecule has 3 rings (SSSR count). The lowest BCUT2D eigenvalue weighted by Crippen LogP contribution is -2.38. The molecule has 0 spiro atoms. The molecule has 2 atom stereocenters. The van der Waals surface area contributed by atoms with Crippen LogP contribution in [-0.4, -0.2) is 37.1 Å². The minimum absolute atomic E-state index is 0.843. The maximum absolute atomic E-state index is 3.86. The van der Waals surface area contributed by atoms with Crippen molar-refractivity contribution >= 4 is 0 Å². The normalized spacial score (nSPS) is 33.5. The predicted octanol–water partition coefficient (Wildman–Crippen LogP) is 3.67. The first-order valence-corrected chi connectivity index (χ1v) is 9.27. The van der Waals surface area contributed by atoms with Gasteiger partial charge in [0.25, 0.3) is 0 Å². The molecule has 2 heteroatoms. The summed E-state index contributed by atoms with van der Waals surface area (Å²) in [5.41, 5.74) is 0. The fraction of sp³-hybridized carbons (Fsp3) is 1.00. The molecule has 116 valence electrons. The van der Waals surface area contributed by atoms with Crippen LogP contribution in [0.5, 0.6) is 0 Å². The van der Waals surface area contributed by atoms with Crippen molar-refractivity contribution in [3.63, 3.8) is 0 Å². The van der Waals surface area contributed by atoms with Gasteiger partial charge in [0.15, 0.2) is 0 Å². The molecule has 1 aliphatic heterocycles. The van der Waals surface area contributed by atoms with Crippen LogP contribution in [0.4, 0.5) is 0 Å². The van der Waals surface area contributed by atoms with Crippen molar-refractivity contribution < 1.29 is 0 Å². The van der Waals surface area contributed by atoms with Gasteiger partial charge in [0, 0.05) is 6.04 Å². The van der Waals surface area contributed by atoms with Gasteiger partial charge in [-0.1, -0.05) is 19.8 Å². The van der Waals surface area contributed by atoms with Crippen molar-refractivity contribution in [1.82, 2.24) is 10.2 Å². The highest BCUT2D eigenvalue weighted by Crippen LogP contribution is 2.43. The Morgan fingerprint density at radius 3 is 2.50 bits per heavy atom. The highest BCUT2D eigenvalue weighted by atomic mass is 15.1. The zero-order valence-corrected chi connectivity index (χ0v) is 13.4. The van der Waals surface area contributed by atoms with E-state index in [1.165, 1.54) is 84.0 Å². The molecule has 0 aromatic heterocycles. The average Bonchev–Trinajstić information content (AvgIpc) is 3.30. The van der Waals surface area contributed by atoms with Gasteiger partial charge in [-0.3, -0.25) is 0 Å². The average molecular weight is 278 g/mol. The number of nitrogens with one attached hydrogen (secondary N) is 1. The van der Waals surface area contributed by atoms with Crippen LogP contribution in [0, 0.1) is 17.8 Å². The molecule has 2 nitrogen and oxygen atoms in total. The summed E-state index contributed by atoms with van der Waals surface area (Å²) in [7, 11) is 0. The van der Waals surface area contributed by atoms with E-state index in [0.29, 0.717) is 0 Å². The highest BCUT2D eigenvalue weighted by Gasteiger charge is 2.34. The van der Waals surface area contributed by atoms with Crippen LogP contribution < -0.4 is 5.32 Å². The fourth-order valence-electron chi connectivity index (χ4n) is 4.30. The Labute approximate surface area is 125 Å². The van der Waals surface area contributed by atoms with Crippen molar-refractivity contribution in [1.29, 1.82) is 0 Å². The second kappa shape index (κ2) is 7.26. The Morgan fingerprint density at radius 2 is 1.75 bits per heavy atom. The van der Waals surface area contributed by atoms with Crippen LogP contribution in [-0.2, 0) is 0 Å². The van der Waals surface area contributed by atoms with E-state index >= 15 is 0 Å². The van der Waals surface area contributed by atoms with Gasteiger partial charge < -0.3 is 10.2 Å². The Kier molecular flexibility index (Phi) is 5.39. The van der Waals surface area contributed by atoms with E-state index in [1.54, 1.807) is 0 Å². The molecule has 0 bridgehead atoms. The van der Waals surface area contributed by atoms with Crippen molar-refractivity contribution in [2.24, 2.45) is 17.8 Å². The molecule has 1 saturated heterocycles. The van der Waals surface area contributed by atoms with Crippen LogP contribution in [0.15, 0.2) is 0 Å². The Bertz CT molecular complexity index is 279. The van der Waals surface area contributed by atoms with Gasteiger partial charge in [0.1, 0.15) is 0 Å². The monoisotopic (exact) mass is 278 g/mol. The molecule has 0 aromatic rings. The quantitative estimate of drug-likeness (QED) is 0.746. The summed E-state index contributed by atoms with van der Waals surface area (Å²) in [4.78, 5) is 2.68. The molecule has 1 N–H and O–H groups in total. The zero-order valence-electron chi connectivity index (χ0n) is 13.4. The van der Waals surface area contributed by atoms with Crippen molar-refractivity contribution in [2.45, 2.75) is 70.8 Å². The predicted molar refractivity (Wildman–Crippen MR) is 85.9 cm³/mol. The zero-order chi connectivity index (χ0) is 13.8. The lowest BCUT2D eigenvalue weighted by Gasteiger charge is -2.32. The van der Waals surface area contributed by atoms with E-state index in [0.717, 1.165) is 23.8 Å². The van der Waals surface area contributed by atoms with Crippen LogP contribution in [0.25, 0.3) is 0 Å². The van der Waals surface area contributed by atoms with Gasteiger partial charge in [-0.05, 0) is 88.9 Å². The smallest absolute Gasteiger partial charge is 0.00698 e. The first-order chi connectivity index (χ1) is 9.81. The minimum atomic E-state index is 0.843. The Hall–Kier alpha value is -0.0800. The van der Waals surface area contributed by atoms with E-state index in [1.807, 2.05) is 0 Å². The summed E-state index contributed by atoms with van der Waals surface area (Å²) < 4.78 is 0. The lowest BCUT2D eigenvalue weighted by molar-refractivity contribution is 0.187. The summed E-state index contributed by atoms with van der Waals surface area (Å²) in [6, 6.07) is 0.843. The Morgan fingerprint density at radius 1 is 0.950 bits per heavy atom. The number of rotatable bonds is 6. The van der Waals surface area contributed by atoms with Gasteiger partial charge in [0.05, 0.1) is 0 Å². The molecular formula is C18H34N2. The molecule has 20 heavy (non-hydrogen) atoms. The van der Waals surface area contributed by atoms with E-state index < -0.39 is 0 Å². The summed E-state index contributed by atoms with van der Waals surface area (Å²) in [5.74, 6) is 3.16. The second-order valence-electron chi connectivity index (χ2n) is 7.79. The summed E-state index contributed by atoms with van der Waals surface area (Å²) >= 11 is 0. The molecule has 2 saturated carbocycles. The minimum Gasteiger partial charge on any atom is -0.314 e. The van der Waals surface area contributed by atoms with Crippen molar-refractivity contribution in [2.75, 3.05) is 26.2 Å². The van der Waals surface area contributed by atoms with E-state index in [9.17, 15) is 0 Å². The van der Waals surface area contributed by atoms with Gasteiger partial charge in [0.2, 0.25) is 0 Å². The molecule has 3 aliphatic rings. The van der Waals surface area contributed by atoms with E-state index in [-0.39, 0.29) is 0 Å². The van der Waals surface area contributed by atoms with Crippen LogP contribution in [0.3, 0.4) is 0 Å². The number of likely N-dealkylation sites (tertiary alicyclic amines) is 1. The van der Waals surface area contributed by atoms with E-state index in [2.05, 4.69) is 17.1 Å². The number of piperidine rings is 1. The van der Waals surface area contributed by atoms with Crippen LogP contribution in [0.2, 0.25) is 0 Å².